The lowest BCUT2D eigenvalue weighted by atomic mass is 9.42. The van der Waals surface area contributed by atoms with Crippen LogP contribution in [0.3, 0.4) is 0 Å². The molecule has 3 fully saturated rings. The van der Waals surface area contributed by atoms with Crippen LogP contribution in [0.15, 0.2) is 0 Å². The van der Waals surface area contributed by atoms with Crippen LogP contribution in [0.25, 0.3) is 0 Å². The fourth-order valence-electron chi connectivity index (χ4n) is 5.08. The molecule has 0 bridgehead atoms. The van der Waals surface area contributed by atoms with Crippen molar-refractivity contribution in [1.29, 1.82) is 0 Å². The topological polar surface area (TPSA) is 17.1 Å². The molecule has 13 heavy (non-hydrogen) atoms. The third-order valence-corrected chi connectivity index (χ3v) is 5.20. The monoisotopic (exact) mass is 178 g/mol. The Hall–Kier alpha value is -0.330. The van der Waals surface area contributed by atoms with E-state index < -0.39 is 0 Å². The van der Waals surface area contributed by atoms with Crippen molar-refractivity contribution in [2.45, 2.75) is 46.0 Å². The van der Waals surface area contributed by atoms with Crippen LogP contribution >= 0.6 is 0 Å². The molecule has 0 aromatic heterocycles. The van der Waals surface area contributed by atoms with Gasteiger partial charge in [0.15, 0.2) is 0 Å². The molecule has 0 aliphatic heterocycles. The van der Waals surface area contributed by atoms with Crippen molar-refractivity contribution in [2.24, 2.45) is 22.7 Å². The van der Waals surface area contributed by atoms with Crippen LogP contribution < -0.4 is 0 Å². The molecule has 3 aliphatic rings. The zero-order chi connectivity index (χ0) is 9.27. The van der Waals surface area contributed by atoms with Crippen molar-refractivity contribution in [3.63, 3.8) is 0 Å². The molecule has 0 amide bonds. The third-order valence-electron chi connectivity index (χ3n) is 5.20. The van der Waals surface area contributed by atoms with Crippen LogP contribution in [0.1, 0.15) is 46.0 Å². The zero-order valence-electron chi connectivity index (χ0n) is 8.60. The second-order valence-corrected chi connectivity index (χ2v) is 5.90. The number of hydrogen-bond acceptors (Lipinski definition) is 1. The van der Waals surface area contributed by atoms with Gasteiger partial charge in [-0.3, -0.25) is 4.79 Å². The molecule has 1 spiro atoms. The number of ketones is 1. The van der Waals surface area contributed by atoms with Crippen molar-refractivity contribution in [2.75, 3.05) is 0 Å². The Morgan fingerprint density at radius 2 is 2.08 bits per heavy atom. The van der Waals surface area contributed by atoms with E-state index in [2.05, 4.69) is 13.8 Å². The van der Waals surface area contributed by atoms with Gasteiger partial charge in [0.2, 0.25) is 0 Å². The average molecular weight is 178 g/mol. The molecule has 0 heterocycles. The summed E-state index contributed by atoms with van der Waals surface area (Å²) in [5.74, 6) is 1.88. The second-order valence-electron chi connectivity index (χ2n) is 5.90. The smallest absolute Gasteiger partial charge is 0.137 e. The summed E-state index contributed by atoms with van der Waals surface area (Å²) < 4.78 is 0. The Morgan fingerprint density at radius 3 is 2.85 bits per heavy atom. The molecule has 1 unspecified atom stereocenters. The number of rotatable bonds is 0. The predicted molar refractivity (Wildman–Crippen MR) is 51.3 cm³/mol. The molecule has 3 aliphatic carbocycles. The summed E-state index contributed by atoms with van der Waals surface area (Å²) in [5, 5.41) is 0. The molecule has 0 aromatic carbocycles. The number of carbonyl (C=O) groups is 1. The lowest BCUT2D eigenvalue weighted by molar-refractivity contribution is -0.162. The molecule has 3 rings (SSSR count). The van der Waals surface area contributed by atoms with Crippen molar-refractivity contribution in [3.05, 3.63) is 0 Å². The molecule has 0 radical (unpaired) electrons. The summed E-state index contributed by atoms with van der Waals surface area (Å²) in [4.78, 5) is 11.8. The lowest BCUT2D eigenvalue weighted by Crippen LogP contribution is -2.58. The van der Waals surface area contributed by atoms with E-state index in [1.54, 1.807) is 0 Å². The number of carbonyl (C=O) groups excluding carboxylic acids is 1. The highest BCUT2D eigenvalue weighted by Crippen LogP contribution is 2.75. The largest absolute Gasteiger partial charge is 0.299 e. The van der Waals surface area contributed by atoms with Crippen molar-refractivity contribution >= 4 is 5.78 Å². The highest BCUT2D eigenvalue weighted by atomic mass is 16.1. The second kappa shape index (κ2) is 2.02. The van der Waals surface area contributed by atoms with Gasteiger partial charge in [-0.25, -0.2) is 0 Å². The van der Waals surface area contributed by atoms with Crippen LogP contribution in [0.4, 0.5) is 0 Å². The van der Waals surface area contributed by atoms with Gasteiger partial charge in [0.1, 0.15) is 5.78 Å². The maximum absolute atomic E-state index is 11.8. The standard InChI is InChI=1S/C12H18O/c1-11(2)9-4-3-6-12(9)7-5-8(13)10(11)12/h9-10H,3-7H2,1-2H3/t9-,10-,12?/m1/s1. The quantitative estimate of drug-likeness (QED) is 0.557. The van der Waals surface area contributed by atoms with E-state index in [0.717, 1.165) is 12.3 Å². The molecule has 3 atom stereocenters. The molecule has 0 aromatic rings. The molecule has 72 valence electrons. The summed E-state index contributed by atoms with van der Waals surface area (Å²) >= 11 is 0. The Labute approximate surface area is 79.9 Å². The first-order valence-electron chi connectivity index (χ1n) is 5.62. The highest BCUT2D eigenvalue weighted by molar-refractivity contribution is 5.87. The molecular weight excluding hydrogens is 160 g/mol. The Bertz CT molecular complexity index is 279. The highest BCUT2D eigenvalue weighted by Gasteiger charge is 2.71. The van der Waals surface area contributed by atoms with Gasteiger partial charge in [0.05, 0.1) is 0 Å². The minimum atomic E-state index is 0.337. The molecule has 1 heteroatoms. The van der Waals surface area contributed by atoms with Crippen molar-refractivity contribution in [1.82, 2.24) is 0 Å². The third kappa shape index (κ3) is 0.660. The Morgan fingerprint density at radius 1 is 1.31 bits per heavy atom. The molecule has 0 saturated heterocycles. The van der Waals surface area contributed by atoms with Gasteiger partial charge in [0, 0.05) is 12.3 Å². The first-order chi connectivity index (χ1) is 6.09. The van der Waals surface area contributed by atoms with Crippen LogP contribution in [-0.2, 0) is 4.79 Å². The van der Waals surface area contributed by atoms with Gasteiger partial charge in [-0.1, -0.05) is 20.3 Å². The van der Waals surface area contributed by atoms with E-state index in [1.807, 2.05) is 0 Å². The van der Waals surface area contributed by atoms with Gasteiger partial charge in [0.25, 0.3) is 0 Å². The SMILES string of the molecule is CC1(C)[C@H]2CCCC23CCC(=O)[C@H]13. The summed E-state index contributed by atoms with van der Waals surface area (Å²) in [6.45, 7) is 4.63. The predicted octanol–water partition coefficient (Wildman–Crippen LogP) is 2.79. The van der Waals surface area contributed by atoms with Crippen LogP contribution in [0.5, 0.6) is 0 Å². The fraction of sp³-hybridized carbons (Fsp3) is 0.917. The van der Waals surface area contributed by atoms with Gasteiger partial charge >= 0.3 is 0 Å². The van der Waals surface area contributed by atoms with Crippen LogP contribution in [0.2, 0.25) is 0 Å². The van der Waals surface area contributed by atoms with Crippen molar-refractivity contribution < 1.29 is 4.79 Å². The van der Waals surface area contributed by atoms with E-state index in [1.165, 1.54) is 25.7 Å². The van der Waals surface area contributed by atoms with E-state index in [0.29, 0.717) is 22.5 Å². The van der Waals surface area contributed by atoms with E-state index >= 15 is 0 Å². The maximum atomic E-state index is 11.8. The van der Waals surface area contributed by atoms with Gasteiger partial charge in [-0.2, -0.15) is 0 Å². The zero-order valence-corrected chi connectivity index (χ0v) is 8.60. The summed E-state index contributed by atoms with van der Waals surface area (Å²) in [6.07, 6.45) is 6.20. The lowest BCUT2D eigenvalue weighted by Gasteiger charge is -2.61. The molecule has 3 saturated carbocycles. The summed E-state index contributed by atoms with van der Waals surface area (Å²) in [5.41, 5.74) is 0.838. The number of hydrogen-bond donors (Lipinski definition) is 0. The summed E-state index contributed by atoms with van der Waals surface area (Å²) in [7, 11) is 0. The van der Waals surface area contributed by atoms with Crippen LogP contribution in [0, 0.1) is 22.7 Å². The molecular formula is C12H18O. The first-order valence-corrected chi connectivity index (χ1v) is 5.62. The first kappa shape index (κ1) is 8.02. The van der Waals surface area contributed by atoms with Gasteiger partial charge in [-0.15, -0.1) is 0 Å². The maximum Gasteiger partial charge on any atom is 0.137 e. The Balaban J connectivity index is 2.05. The van der Waals surface area contributed by atoms with E-state index in [9.17, 15) is 4.79 Å². The fourth-order valence-corrected chi connectivity index (χ4v) is 5.08. The molecule has 0 N–H and O–H groups in total. The van der Waals surface area contributed by atoms with E-state index in [-0.39, 0.29) is 0 Å². The average Bonchev–Trinajstić information content (AvgIpc) is 2.55. The normalized spacial score (nSPS) is 51.4. The molecule has 1 nitrogen and oxygen atoms in total. The van der Waals surface area contributed by atoms with E-state index in [4.69, 9.17) is 0 Å². The minimum Gasteiger partial charge on any atom is -0.299 e. The van der Waals surface area contributed by atoms with Gasteiger partial charge in [-0.05, 0) is 36.0 Å². The van der Waals surface area contributed by atoms with Crippen molar-refractivity contribution in [3.8, 4) is 0 Å². The number of Topliss-reactive ketones (excluding diaryl/α,β-unsaturated/α-hetero) is 1. The van der Waals surface area contributed by atoms with Gasteiger partial charge < -0.3 is 0 Å². The minimum absolute atomic E-state index is 0.337. The summed E-state index contributed by atoms with van der Waals surface area (Å²) in [6, 6.07) is 0. The Kier molecular flexibility index (Phi) is 1.24. The van der Waals surface area contributed by atoms with Crippen LogP contribution in [-0.4, -0.2) is 5.78 Å².